The smallest absolute Gasteiger partial charge is 0.0798 e. The summed E-state index contributed by atoms with van der Waals surface area (Å²) < 4.78 is 0. The molecule has 0 bridgehead atoms. The number of nitrogens with one attached hydrogen (secondary N) is 1. The highest BCUT2D eigenvalue weighted by molar-refractivity contribution is 7.09. The number of likely N-dealkylation sites (tertiary alicyclic amines) is 1. The average molecular weight is 291 g/mol. The molecule has 4 heteroatoms. The van der Waals surface area contributed by atoms with Crippen LogP contribution in [0.15, 0.2) is 5.51 Å². The highest BCUT2D eigenvalue weighted by Gasteiger charge is 2.31. The number of aromatic nitrogens is 1. The number of thiazole rings is 1. The molecule has 2 saturated heterocycles. The van der Waals surface area contributed by atoms with Gasteiger partial charge in [-0.15, -0.1) is 11.3 Å². The fourth-order valence-corrected chi connectivity index (χ4v) is 4.81. The van der Waals surface area contributed by atoms with Crippen LogP contribution in [0.4, 0.5) is 0 Å². The van der Waals surface area contributed by atoms with Crippen LogP contribution in [0.25, 0.3) is 0 Å². The fourth-order valence-electron chi connectivity index (χ4n) is 3.92. The molecule has 1 aromatic rings. The summed E-state index contributed by atoms with van der Waals surface area (Å²) in [6.45, 7) is 4.97. The molecule has 4 rings (SSSR count). The van der Waals surface area contributed by atoms with Crippen molar-refractivity contribution < 1.29 is 0 Å². The molecule has 3 fully saturated rings. The van der Waals surface area contributed by atoms with Crippen LogP contribution in [0, 0.1) is 5.92 Å². The molecular formula is C16H25N3S. The van der Waals surface area contributed by atoms with E-state index in [2.05, 4.69) is 20.7 Å². The lowest BCUT2D eigenvalue weighted by Gasteiger charge is -2.34. The van der Waals surface area contributed by atoms with Gasteiger partial charge in [0, 0.05) is 23.4 Å². The molecule has 3 heterocycles. The first-order valence-electron chi connectivity index (χ1n) is 8.28. The van der Waals surface area contributed by atoms with Gasteiger partial charge in [0.2, 0.25) is 0 Å². The van der Waals surface area contributed by atoms with Crippen molar-refractivity contribution >= 4 is 11.3 Å². The summed E-state index contributed by atoms with van der Waals surface area (Å²) in [4.78, 5) is 8.81. The van der Waals surface area contributed by atoms with E-state index in [1.807, 2.05) is 11.3 Å². The van der Waals surface area contributed by atoms with Crippen LogP contribution in [-0.2, 0) is 6.54 Å². The van der Waals surface area contributed by atoms with Crippen LogP contribution in [-0.4, -0.2) is 35.6 Å². The molecule has 1 aromatic heterocycles. The summed E-state index contributed by atoms with van der Waals surface area (Å²) >= 11 is 1.87. The van der Waals surface area contributed by atoms with Crippen molar-refractivity contribution in [3.05, 3.63) is 16.1 Å². The lowest BCUT2D eigenvalue weighted by molar-refractivity contribution is 0.158. The predicted molar refractivity (Wildman–Crippen MR) is 83.1 cm³/mol. The van der Waals surface area contributed by atoms with Gasteiger partial charge in [0.15, 0.2) is 0 Å². The minimum absolute atomic E-state index is 0.802. The summed E-state index contributed by atoms with van der Waals surface area (Å²) in [5, 5.41) is 3.69. The Hall–Kier alpha value is -0.450. The van der Waals surface area contributed by atoms with Crippen molar-refractivity contribution in [1.82, 2.24) is 15.2 Å². The van der Waals surface area contributed by atoms with E-state index >= 15 is 0 Å². The zero-order valence-corrected chi connectivity index (χ0v) is 13.0. The maximum Gasteiger partial charge on any atom is 0.0798 e. The highest BCUT2D eigenvalue weighted by atomic mass is 32.1. The van der Waals surface area contributed by atoms with Gasteiger partial charge in [-0.3, -0.25) is 4.90 Å². The number of hydrogen-bond acceptors (Lipinski definition) is 4. The number of hydrogen-bond donors (Lipinski definition) is 1. The number of nitrogens with zero attached hydrogens (tertiary/aromatic N) is 2. The van der Waals surface area contributed by atoms with Crippen LogP contribution in [0.1, 0.15) is 55.0 Å². The quantitative estimate of drug-likeness (QED) is 0.924. The van der Waals surface area contributed by atoms with Gasteiger partial charge in [0.25, 0.3) is 0 Å². The van der Waals surface area contributed by atoms with E-state index in [9.17, 15) is 0 Å². The summed E-state index contributed by atoms with van der Waals surface area (Å²) in [5.74, 6) is 1.73. The Bertz CT molecular complexity index is 440. The third-order valence-corrected chi connectivity index (χ3v) is 6.14. The molecule has 110 valence electrons. The summed E-state index contributed by atoms with van der Waals surface area (Å²) in [5.41, 5.74) is 3.48. The Morgan fingerprint density at radius 1 is 1.20 bits per heavy atom. The third kappa shape index (κ3) is 2.78. The topological polar surface area (TPSA) is 28.2 Å². The van der Waals surface area contributed by atoms with Gasteiger partial charge in [0.1, 0.15) is 0 Å². The zero-order chi connectivity index (χ0) is 13.4. The molecule has 1 aliphatic carbocycles. The Labute approximate surface area is 125 Å². The van der Waals surface area contributed by atoms with Crippen molar-refractivity contribution in [2.45, 2.75) is 57.0 Å². The molecule has 1 saturated carbocycles. The van der Waals surface area contributed by atoms with Gasteiger partial charge < -0.3 is 5.32 Å². The van der Waals surface area contributed by atoms with Gasteiger partial charge in [-0.05, 0) is 64.1 Å². The van der Waals surface area contributed by atoms with Crippen molar-refractivity contribution in [1.29, 1.82) is 0 Å². The SMILES string of the molecule is c1nc(C2CC2)c(CN2CCC(C3CCCN3)CC2)s1. The van der Waals surface area contributed by atoms with Crippen LogP contribution in [0.2, 0.25) is 0 Å². The maximum absolute atomic E-state index is 4.60. The Morgan fingerprint density at radius 3 is 2.75 bits per heavy atom. The van der Waals surface area contributed by atoms with Gasteiger partial charge in [-0.25, -0.2) is 4.98 Å². The molecule has 3 aliphatic rings. The lowest BCUT2D eigenvalue weighted by atomic mass is 9.88. The third-order valence-electron chi connectivity index (χ3n) is 5.30. The minimum atomic E-state index is 0.802. The largest absolute Gasteiger partial charge is 0.314 e. The van der Waals surface area contributed by atoms with E-state index in [-0.39, 0.29) is 0 Å². The van der Waals surface area contributed by atoms with E-state index in [4.69, 9.17) is 0 Å². The predicted octanol–water partition coefficient (Wildman–Crippen LogP) is 2.98. The van der Waals surface area contributed by atoms with Crippen LogP contribution in [0.3, 0.4) is 0 Å². The van der Waals surface area contributed by atoms with Crippen LogP contribution >= 0.6 is 11.3 Å². The highest BCUT2D eigenvalue weighted by Crippen LogP contribution is 2.42. The summed E-state index contributed by atoms with van der Waals surface area (Å²) in [6, 6.07) is 0.822. The maximum atomic E-state index is 4.60. The van der Waals surface area contributed by atoms with Crippen molar-refractivity contribution in [2.24, 2.45) is 5.92 Å². The van der Waals surface area contributed by atoms with Gasteiger partial charge in [-0.1, -0.05) is 0 Å². The van der Waals surface area contributed by atoms with E-state index in [1.165, 1.54) is 63.9 Å². The molecule has 0 radical (unpaired) electrons. The van der Waals surface area contributed by atoms with Crippen molar-refractivity contribution in [3.63, 3.8) is 0 Å². The Kier molecular flexibility index (Phi) is 3.80. The standard InChI is InChI=1S/C16H25N3S/c1-2-14(17-7-1)12-5-8-19(9-6-12)10-15-16(13-3-4-13)18-11-20-15/h11-14,17H,1-10H2. The first-order valence-corrected chi connectivity index (χ1v) is 9.16. The molecule has 20 heavy (non-hydrogen) atoms. The second-order valence-electron chi connectivity index (χ2n) is 6.75. The molecule has 1 N–H and O–H groups in total. The van der Waals surface area contributed by atoms with Gasteiger partial charge >= 0.3 is 0 Å². The second kappa shape index (κ2) is 5.74. The first kappa shape index (κ1) is 13.2. The molecular weight excluding hydrogens is 266 g/mol. The number of rotatable bonds is 4. The molecule has 1 atom stereocenters. The Morgan fingerprint density at radius 2 is 2.05 bits per heavy atom. The fraction of sp³-hybridized carbons (Fsp3) is 0.812. The molecule has 0 aromatic carbocycles. The summed E-state index contributed by atoms with van der Waals surface area (Å²) in [6.07, 6.45) is 8.30. The minimum Gasteiger partial charge on any atom is -0.314 e. The molecule has 3 nitrogen and oxygen atoms in total. The Balaban J connectivity index is 1.31. The van der Waals surface area contributed by atoms with E-state index < -0.39 is 0 Å². The van der Waals surface area contributed by atoms with E-state index in [0.29, 0.717) is 0 Å². The number of piperidine rings is 1. The first-order chi connectivity index (χ1) is 9.90. The summed E-state index contributed by atoms with van der Waals surface area (Å²) in [7, 11) is 0. The molecule has 0 amide bonds. The van der Waals surface area contributed by atoms with Crippen molar-refractivity contribution in [2.75, 3.05) is 19.6 Å². The second-order valence-corrected chi connectivity index (χ2v) is 7.69. The molecule has 0 spiro atoms. The average Bonchev–Trinajstić information content (AvgIpc) is 3.00. The van der Waals surface area contributed by atoms with Gasteiger partial charge in [-0.2, -0.15) is 0 Å². The van der Waals surface area contributed by atoms with Gasteiger partial charge in [0.05, 0.1) is 11.2 Å². The zero-order valence-electron chi connectivity index (χ0n) is 12.2. The lowest BCUT2D eigenvalue weighted by Crippen LogP contribution is -2.40. The van der Waals surface area contributed by atoms with Crippen molar-refractivity contribution in [3.8, 4) is 0 Å². The van der Waals surface area contributed by atoms with E-state index in [0.717, 1.165) is 24.4 Å². The molecule has 2 aliphatic heterocycles. The molecule has 1 unspecified atom stereocenters. The van der Waals surface area contributed by atoms with Crippen LogP contribution in [0.5, 0.6) is 0 Å². The normalized spacial score (nSPS) is 29.1. The van der Waals surface area contributed by atoms with E-state index in [1.54, 1.807) is 4.88 Å². The van der Waals surface area contributed by atoms with Crippen LogP contribution < -0.4 is 5.32 Å². The monoisotopic (exact) mass is 291 g/mol.